The Morgan fingerprint density at radius 3 is 1.97 bits per heavy atom. The van der Waals surface area contributed by atoms with Gasteiger partial charge < -0.3 is 0 Å². The molecule has 0 amide bonds. The highest BCUT2D eigenvalue weighted by Crippen LogP contribution is 2.13. The van der Waals surface area contributed by atoms with Gasteiger partial charge in [0, 0.05) is 4.80 Å². The van der Waals surface area contributed by atoms with Crippen molar-refractivity contribution in [3.05, 3.63) is 127 Å². The third-order valence-electron chi connectivity index (χ3n) is 4.83. The lowest BCUT2D eigenvalue weighted by molar-refractivity contribution is -0.663. The number of azo groups is 1. The zero-order valence-corrected chi connectivity index (χ0v) is 18.2. The van der Waals surface area contributed by atoms with E-state index in [9.17, 15) is 0 Å². The van der Waals surface area contributed by atoms with E-state index in [1.54, 1.807) is 9.48 Å². The molecule has 0 radical (unpaired) electrons. The average Bonchev–Trinajstić information content (AvgIpc) is 3.36. The third kappa shape index (κ3) is 4.91. The lowest BCUT2D eigenvalue weighted by Gasteiger charge is -2.01. The van der Waals surface area contributed by atoms with Crippen LogP contribution in [-0.2, 0) is 0 Å². The first-order valence-electron chi connectivity index (χ1n) is 10.7. The molecule has 1 N–H and O–H groups in total. The summed E-state index contributed by atoms with van der Waals surface area (Å²) >= 11 is 0. The number of nitrogens with zero attached hydrogens (tertiary/aromatic N) is 7. The van der Waals surface area contributed by atoms with E-state index in [0.717, 1.165) is 17.1 Å². The Hall–Kier alpha value is -4.98. The summed E-state index contributed by atoms with van der Waals surface area (Å²) in [6.07, 6.45) is 0. The smallest absolute Gasteiger partial charge is 0.276 e. The predicted octanol–water partition coefficient (Wildman–Crippen LogP) is 5.10. The van der Waals surface area contributed by atoms with Crippen molar-refractivity contribution in [1.82, 2.24) is 15.1 Å². The van der Waals surface area contributed by atoms with E-state index in [1.165, 1.54) is 0 Å². The Morgan fingerprint density at radius 2 is 1.29 bits per heavy atom. The molecule has 1 aromatic heterocycles. The molecule has 0 unspecified atom stereocenters. The molecule has 8 heteroatoms. The van der Waals surface area contributed by atoms with Crippen LogP contribution in [-0.4, -0.2) is 20.9 Å². The molecule has 34 heavy (non-hydrogen) atoms. The van der Waals surface area contributed by atoms with Gasteiger partial charge in [0.25, 0.3) is 5.84 Å². The van der Waals surface area contributed by atoms with Gasteiger partial charge in [0.15, 0.2) is 5.69 Å². The monoisotopic (exact) mass is 445 g/mol. The number of anilines is 1. The fourth-order valence-corrected chi connectivity index (χ4v) is 3.18. The van der Waals surface area contributed by atoms with Gasteiger partial charge in [-0.2, -0.15) is 0 Å². The summed E-state index contributed by atoms with van der Waals surface area (Å²) in [7, 11) is 0. The summed E-state index contributed by atoms with van der Waals surface area (Å²) < 4.78 is 1.70. The standard InChI is InChI=1S/C26H21N8/c1-5-13-21(14-6-1)27-29-25(30-28-22-15-7-2-8-16-22)26-31-34(24-19-11-4-12-20-24)32-33(26)23-17-9-3-10-18-23/h1-20,27H/q+1. The van der Waals surface area contributed by atoms with E-state index >= 15 is 0 Å². The molecule has 0 spiro atoms. The fraction of sp³-hybridized carbons (Fsp3) is 0. The second-order valence-corrected chi connectivity index (χ2v) is 7.23. The molecule has 5 aromatic rings. The molecule has 4 aromatic carbocycles. The Balaban J connectivity index is 1.63. The Kier molecular flexibility index (Phi) is 6.20. The van der Waals surface area contributed by atoms with Crippen LogP contribution in [0.3, 0.4) is 0 Å². The summed E-state index contributed by atoms with van der Waals surface area (Å²) in [4.78, 5) is 1.55. The number of hydrogen-bond acceptors (Lipinski definition) is 5. The van der Waals surface area contributed by atoms with Crippen LogP contribution in [0.1, 0.15) is 5.82 Å². The molecule has 0 bridgehead atoms. The van der Waals surface area contributed by atoms with Gasteiger partial charge >= 0.3 is 5.82 Å². The second kappa shape index (κ2) is 10.1. The first kappa shape index (κ1) is 20.9. The first-order chi connectivity index (χ1) is 16.9. The maximum absolute atomic E-state index is 4.73. The SMILES string of the molecule is c1ccc(N=NC(=NNc2ccccc2)c2nn(-c3ccccc3)n[n+]2-c2ccccc2)cc1. The van der Waals surface area contributed by atoms with Gasteiger partial charge in [-0.15, -0.1) is 15.3 Å². The lowest BCUT2D eigenvalue weighted by Crippen LogP contribution is -2.39. The molecular weight excluding hydrogens is 424 g/mol. The highest BCUT2D eigenvalue weighted by Gasteiger charge is 2.27. The van der Waals surface area contributed by atoms with Crippen molar-refractivity contribution < 1.29 is 4.68 Å². The van der Waals surface area contributed by atoms with E-state index in [0.29, 0.717) is 11.5 Å². The average molecular weight is 446 g/mol. The Bertz CT molecular complexity index is 1400. The minimum atomic E-state index is 0.277. The van der Waals surface area contributed by atoms with Gasteiger partial charge in [-0.1, -0.05) is 77.5 Å². The highest BCUT2D eigenvalue weighted by molar-refractivity contribution is 5.95. The van der Waals surface area contributed by atoms with Crippen molar-refractivity contribution >= 4 is 17.2 Å². The number of benzene rings is 4. The van der Waals surface area contributed by atoms with Crippen LogP contribution in [0.4, 0.5) is 11.4 Å². The first-order valence-corrected chi connectivity index (χ1v) is 10.7. The highest BCUT2D eigenvalue weighted by atomic mass is 15.6. The van der Waals surface area contributed by atoms with E-state index in [-0.39, 0.29) is 5.84 Å². The largest absolute Gasteiger partial charge is 0.376 e. The van der Waals surface area contributed by atoms with Gasteiger partial charge in [0.05, 0.1) is 21.7 Å². The predicted molar refractivity (Wildman–Crippen MR) is 130 cm³/mol. The summed E-state index contributed by atoms with van der Waals surface area (Å²) in [5, 5.41) is 22.8. The van der Waals surface area contributed by atoms with Crippen LogP contribution in [0.15, 0.2) is 137 Å². The zero-order chi connectivity index (χ0) is 23.0. The Labute approximate surface area is 196 Å². The molecule has 0 saturated heterocycles. The molecule has 8 nitrogen and oxygen atoms in total. The number of rotatable bonds is 6. The maximum atomic E-state index is 4.73. The molecule has 0 aliphatic rings. The third-order valence-corrected chi connectivity index (χ3v) is 4.83. The fourth-order valence-electron chi connectivity index (χ4n) is 3.18. The topological polar surface area (TPSA) is 83.7 Å². The van der Waals surface area contributed by atoms with E-state index in [4.69, 9.17) is 10.3 Å². The molecule has 5 rings (SSSR count). The van der Waals surface area contributed by atoms with Gasteiger partial charge in [-0.3, -0.25) is 5.43 Å². The molecule has 164 valence electrons. The number of aromatic nitrogens is 4. The number of amidine groups is 1. The van der Waals surface area contributed by atoms with Crippen molar-refractivity contribution in [1.29, 1.82) is 0 Å². The van der Waals surface area contributed by atoms with Gasteiger partial charge in [0.1, 0.15) is 5.69 Å². The number of tetrazole rings is 1. The summed E-state index contributed by atoms with van der Waals surface area (Å²) in [6.45, 7) is 0. The van der Waals surface area contributed by atoms with Gasteiger partial charge in [0.2, 0.25) is 0 Å². The molecule has 0 atom stereocenters. The van der Waals surface area contributed by atoms with Gasteiger partial charge in [-0.25, -0.2) is 0 Å². The Morgan fingerprint density at radius 1 is 0.706 bits per heavy atom. The quantitative estimate of drug-likeness (QED) is 0.130. The van der Waals surface area contributed by atoms with E-state index in [1.807, 2.05) is 121 Å². The van der Waals surface area contributed by atoms with E-state index < -0.39 is 0 Å². The normalized spacial score (nSPS) is 11.6. The number of para-hydroxylation sites is 3. The van der Waals surface area contributed by atoms with Crippen LogP contribution in [0, 0.1) is 0 Å². The minimum Gasteiger partial charge on any atom is -0.276 e. The minimum absolute atomic E-state index is 0.277. The summed E-state index contributed by atoms with van der Waals surface area (Å²) in [5.74, 6) is 0.705. The zero-order valence-electron chi connectivity index (χ0n) is 18.2. The van der Waals surface area contributed by atoms with Gasteiger partial charge in [-0.05, 0) is 48.5 Å². The molecule has 0 saturated carbocycles. The lowest BCUT2D eigenvalue weighted by atomic mass is 10.3. The summed E-state index contributed by atoms with van der Waals surface area (Å²) in [6, 6.07) is 38.6. The van der Waals surface area contributed by atoms with Crippen molar-refractivity contribution in [2.24, 2.45) is 15.3 Å². The van der Waals surface area contributed by atoms with Crippen LogP contribution in [0.2, 0.25) is 0 Å². The molecule has 0 aliphatic carbocycles. The van der Waals surface area contributed by atoms with Crippen molar-refractivity contribution in [3.8, 4) is 11.4 Å². The van der Waals surface area contributed by atoms with Crippen molar-refractivity contribution in [2.45, 2.75) is 0 Å². The number of hydrazone groups is 1. The summed E-state index contributed by atoms with van der Waals surface area (Å²) in [5.41, 5.74) is 6.21. The molecule has 0 fully saturated rings. The molecular formula is C26H21N8+. The second-order valence-electron chi connectivity index (χ2n) is 7.23. The molecule has 0 aliphatic heterocycles. The number of nitrogens with one attached hydrogen (secondary N) is 1. The van der Waals surface area contributed by atoms with Crippen LogP contribution in [0.5, 0.6) is 0 Å². The maximum Gasteiger partial charge on any atom is 0.376 e. The van der Waals surface area contributed by atoms with E-state index in [2.05, 4.69) is 20.8 Å². The number of hydrogen-bond donors (Lipinski definition) is 1. The van der Waals surface area contributed by atoms with Crippen LogP contribution >= 0.6 is 0 Å². The molecule has 1 heterocycles. The van der Waals surface area contributed by atoms with Crippen LogP contribution < -0.4 is 10.1 Å². The van der Waals surface area contributed by atoms with Crippen molar-refractivity contribution in [2.75, 3.05) is 5.43 Å². The van der Waals surface area contributed by atoms with Crippen LogP contribution in [0.25, 0.3) is 11.4 Å². The van der Waals surface area contributed by atoms with Crippen molar-refractivity contribution in [3.63, 3.8) is 0 Å².